The van der Waals surface area contributed by atoms with Gasteiger partial charge in [-0.25, -0.2) is 5.01 Å². The first-order valence-electron chi connectivity index (χ1n) is 22.7. The number of ether oxygens (including phenoxy) is 1. The Kier molecular flexibility index (Phi) is 15.6. The van der Waals surface area contributed by atoms with E-state index in [9.17, 15) is 9.59 Å². The predicted molar refractivity (Wildman–Crippen MR) is 271 cm³/mol. The molecule has 4 atom stereocenters. The van der Waals surface area contributed by atoms with Crippen molar-refractivity contribution in [2.45, 2.75) is 107 Å². The van der Waals surface area contributed by atoms with E-state index in [1.54, 1.807) is 0 Å². The van der Waals surface area contributed by atoms with Gasteiger partial charge in [-0.3, -0.25) is 19.9 Å². The molecule has 0 aliphatic carbocycles. The van der Waals surface area contributed by atoms with Crippen LogP contribution in [0.3, 0.4) is 0 Å². The molecule has 6 nitrogen and oxygen atoms in total. The van der Waals surface area contributed by atoms with E-state index in [1.165, 1.54) is 22.3 Å². The fourth-order valence-electron chi connectivity index (χ4n) is 9.27. The van der Waals surface area contributed by atoms with Crippen LogP contribution in [0.15, 0.2) is 133 Å². The van der Waals surface area contributed by atoms with Crippen LogP contribution in [-0.4, -0.2) is 58.3 Å². The molecule has 4 unspecified atom stereocenters. The lowest BCUT2D eigenvalue weighted by molar-refractivity contribution is -0.0137. The monoisotopic (exact) mass is 889 g/mol. The van der Waals surface area contributed by atoms with E-state index in [1.807, 2.05) is 72.8 Å². The van der Waals surface area contributed by atoms with Crippen LogP contribution in [0, 0.1) is 41.5 Å². The quantitative estimate of drug-likeness (QED) is 0.0646. The maximum absolute atomic E-state index is 14.8. The molecule has 8 heteroatoms. The summed E-state index contributed by atoms with van der Waals surface area (Å²) in [5.74, 6) is 0. The van der Waals surface area contributed by atoms with E-state index >= 15 is 0 Å². The normalized spacial score (nSPS) is 15.8. The van der Waals surface area contributed by atoms with Crippen LogP contribution >= 0.6 is 15.8 Å². The molecule has 6 aromatic carbocycles. The lowest BCUT2D eigenvalue weighted by Gasteiger charge is -2.37. The molecule has 0 spiro atoms. The molecule has 1 N–H and O–H groups in total. The number of benzene rings is 6. The molecule has 1 heterocycles. The van der Waals surface area contributed by atoms with Crippen LogP contribution in [0.2, 0.25) is 0 Å². The van der Waals surface area contributed by atoms with Gasteiger partial charge in [0.15, 0.2) is 11.0 Å². The van der Waals surface area contributed by atoms with Gasteiger partial charge in [-0.15, -0.1) is 0 Å². The fraction of sp³-hybridized carbons (Fsp3) is 0.321. The Morgan fingerprint density at radius 3 is 1.41 bits per heavy atom. The van der Waals surface area contributed by atoms with Gasteiger partial charge in [0.1, 0.15) is 0 Å². The van der Waals surface area contributed by atoms with E-state index in [2.05, 4.69) is 145 Å². The summed E-state index contributed by atoms with van der Waals surface area (Å²) in [5, 5.41) is 6.54. The van der Waals surface area contributed by atoms with Crippen molar-refractivity contribution in [1.82, 2.24) is 15.3 Å². The van der Waals surface area contributed by atoms with E-state index < -0.39 is 15.8 Å². The Bertz CT molecular complexity index is 2470. The summed E-state index contributed by atoms with van der Waals surface area (Å²) in [6, 6.07) is 46.1. The van der Waals surface area contributed by atoms with Gasteiger partial charge in [0.25, 0.3) is 0 Å². The molecule has 1 saturated heterocycles. The highest BCUT2D eigenvalue weighted by Crippen LogP contribution is 2.42. The van der Waals surface area contributed by atoms with Crippen molar-refractivity contribution in [1.29, 1.82) is 0 Å². The first-order valence-corrected chi connectivity index (χ1v) is 25.4. The summed E-state index contributed by atoms with van der Waals surface area (Å²) in [6.45, 7) is 24.6. The second-order valence-corrected chi connectivity index (χ2v) is 22.0. The van der Waals surface area contributed by atoms with Gasteiger partial charge in [-0.1, -0.05) is 133 Å². The largest absolute Gasteiger partial charge is 0.375 e. The Balaban J connectivity index is 1.01. The van der Waals surface area contributed by atoms with Gasteiger partial charge in [-0.2, -0.15) is 0 Å². The summed E-state index contributed by atoms with van der Waals surface area (Å²) >= 11 is 0. The summed E-state index contributed by atoms with van der Waals surface area (Å²) in [4.78, 5) is 32.0. The van der Waals surface area contributed by atoms with Crippen LogP contribution in [0.4, 0.5) is 0 Å². The second kappa shape index (κ2) is 21.1. The molecular formula is C56H65N3O3P2. The van der Waals surface area contributed by atoms with Crippen molar-refractivity contribution in [2.75, 3.05) is 13.2 Å². The van der Waals surface area contributed by atoms with Crippen molar-refractivity contribution in [2.24, 2.45) is 0 Å². The second-order valence-electron chi connectivity index (χ2n) is 17.8. The zero-order valence-electron chi connectivity index (χ0n) is 39.4. The number of hydrazine groups is 1. The zero-order chi connectivity index (χ0) is 45.7. The third-order valence-electron chi connectivity index (χ3n) is 13.1. The topological polar surface area (TPSA) is 61.7 Å². The molecule has 0 amide bonds. The maximum atomic E-state index is 14.8. The number of aryl methyl sites for hydroxylation is 4. The zero-order valence-corrected chi connectivity index (χ0v) is 41.1. The minimum absolute atomic E-state index is 0.0136. The number of hydrogen-bond donors (Lipinski definition) is 1. The van der Waals surface area contributed by atoms with Crippen LogP contribution in [0.1, 0.15) is 92.9 Å². The van der Waals surface area contributed by atoms with Crippen molar-refractivity contribution in [3.8, 4) is 0 Å². The van der Waals surface area contributed by atoms with Gasteiger partial charge < -0.3 is 4.74 Å². The van der Waals surface area contributed by atoms with Crippen LogP contribution in [-0.2, 0) is 17.8 Å². The number of nitrogens with zero attached hydrogens (tertiary/aromatic N) is 2. The third-order valence-corrected chi connectivity index (χ3v) is 17.6. The highest BCUT2D eigenvalue weighted by molar-refractivity contribution is 7.88. The first kappa shape index (κ1) is 47.3. The molecule has 0 bridgehead atoms. The van der Waals surface area contributed by atoms with E-state index in [4.69, 9.17) is 4.74 Å². The third kappa shape index (κ3) is 10.6. The van der Waals surface area contributed by atoms with Crippen LogP contribution in [0.5, 0.6) is 0 Å². The van der Waals surface area contributed by atoms with Crippen molar-refractivity contribution < 1.29 is 14.3 Å². The van der Waals surface area contributed by atoms with Crippen molar-refractivity contribution in [3.63, 3.8) is 0 Å². The molecule has 1 fully saturated rings. The Labute approximate surface area is 384 Å². The molecule has 6 aromatic rings. The van der Waals surface area contributed by atoms with E-state index in [-0.39, 0.29) is 35.3 Å². The number of carbonyl (C=O) groups is 2. The lowest BCUT2D eigenvalue weighted by atomic mass is 9.93. The van der Waals surface area contributed by atoms with Gasteiger partial charge in [0.2, 0.25) is 0 Å². The van der Waals surface area contributed by atoms with Crippen molar-refractivity contribution in [3.05, 3.63) is 189 Å². The molecule has 0 aromatic heterocycles. The highest BCUT2D eigenvalue weighted by atomic mass is 31.1. The SMILES string of the molecule is Cc1cc(C)c(C(=O)P(c2ccccc2)c2ccccc2)c(C)c1CNN1CC1COC(C)C(C)N(Cc1c(C)cc(C)c(C(=O)P(c2ccccc2)c2ccccc2)c1C)C(C)C. The molecule has 7 rings (SSSR count). The van der Waals surface area contributed by atoms with Gasteiger partial charge in [0, 0.05) is 58.7 Å². The molecule has 0 radical (unpaired) electrons. The molecular weight excluding hydrogens is 825 g/mol. The smallest absolute Gasteiger partial charge is 0.193 e. The minimum atomic E-state index is -1.25. The fourth-order valence-corrected chi connectivity index (χ4v) is 13.8. The lowest BCUT2D eigenvalue weighted by Crippen LogP contribution is -2.45. The summed E-state index contributed by atoms with van der Waals surface area (Å²) in [6.07, 6.45) is -0.0136. The average Bonchev–Trinajstić information content (AvgIpc) is 4.04. The van der Waals surface area contributed by atoms with Gasteiger partial charge in [0.05, 0.1) is 18.8 Å². The Morgan fingerprint density at radius 1 is 0.609 bits per heavy atom. The Morgan fingerprint density at radius 2 is 1.00 bits per heavy atom. The van der Waals surface area contributed by atoms with Gasteiger partial charge >= 0.3 is 0 Å². The van der Waals surface area contributed by atoms with Crippen LogP contribution in [0.25, 0.3) is 0 Å². The number of carbonyl (C=O) groups excluding carboxylic acids is 2. The summed E-state index contributed by atoms with van der Waals surface area (Å²) in [5.41, 5.74) is 14.8. The van der Waals surface area contributed by atoms with E-state index in [0.29, 0.717) is 13.2 Å². The molecule has 64 heavy (non-hydrogen) atoms. The number of hydrogen-bond acceptors (Lipinski definition) is 6. The first-order chi connectivity index (χ1) is 30.8. The van der Waals surface area contributed by atoms with Gasteiger partial charge in [-0.05, 0) is 135 Å². The number of nitrogens with one attached hydrogen (secondary N) is 1. The maximum Gasteiger partial charge on any atom is 0.193 e. The Hall–Kier alpha value is -4.64. The van der Waals surface area contributed by atoms with Crippen LogP contribution < -0.4 is 26.6 Å². The minimum Gasteiger partial charge on any atom is -0.375 e. The summed E-state index contributed by atoms with van der Waals surface area (Å²) < 4.78 is 6.66. The average molecular weight is 890 g/mol. The molecule has 1 aliphatic rings. The molecule has 332 valence electrons. The van der Waals surface area contributed by atoms with E-state index in [0.717, 1.165) is 67.7 Å². The summed E-state index contributed by atoms with van der Waals surface area (Å²) in [7, 11) is -2.48. The predicted octanol–water partition coefficient (Wildman–Crippen LogP) is 10.5. The van der Waals surface area contributed by atoms with Crippen molar-refractivity contribution >= 4 is 48.1 Å². The molecule has 1 aliphatic heterocycles. The number of rotatable bonds is 19. The molecule has 0 saturated carbocycles. The highest BCUT2D eigenvalue weighted by Gasteiger charge is 2.36. The standard InChI is InChI=1S/C56H65N3O3P2/c1-37(2)58(35-52-39(4)32-41(6)54(43(52)8)56(61)64(49-27-19-13-20-28-49)50-29-21-14-22-30-50)44(9)45(10)62-36-46-34-59(46)57-33-51-38(3)31-40(5)53(42(51)7)55(60)63(47-23-15-11-16-24-47)48-25-17-12-18-26-48/h11-32,37,44-46,57H,33-36H2,1-10H3.